The third-order valence-electron chi connectivity index (χ3n) is 7.09. The quantitative estimate of drug-likeness (QED) is 0.859. The molecule has 0 bridgehead atoms. The average molecular weight is 391 g/mol. The van der Waals surface area contributed by atoms with Gasteiger partial charge in [-0.25, -0.2) is 0 Å². The molecule has 0 spiro atoms. The highest BCUT2D eigenvalue weighted by atomic mass is 35.5. The van der Waals surface area contributed by atoms with Crippen LogP contribution < -0.4 is 5.32 Å². The van der Waals surface area contributed by atoms with E-state index < -0.39 is 0 Å². The van der Waals surface area contributed by atoms with Crippen LogP contribution in [0.2, 0.25) is 0 Å². The Labute approximate surface area is 168 Å². The molecule has 4 aliphatic rings. The van der Waals surface area contributed by atoms with E-state index in [2.05, 4.69) is 34.5 Å². The highest BCUT2D eigenvalue weighted by molar-refractivity contribution is 5.85. The molecule has 2 aliphatic heterocycles. The van der Waals surface area contributed by atoms with E-state index in [1.807, 2.05) is 0 Å². The van der Waals surface area contributed by atoms with Crippen molar-refractivity contribution in [2.24, 2.45) is 17.8 Å². The lowest BCUT2D eigenvalue weighted by molar-refractivity contribution is -0.128. The van der Waals surface area contributed by atoms with E-state index in [0.29, 0.717) is 18.0 Å². The Hall–Kier alpha value is -1.10. The summed E-state index contributed by atoms with van der Waals surface area (Å²) in [5.74, 6) is 1.93. The van der Waals surface area contributed by atoms with Crippen LogP contribution in [0.15, 0.2) is 24.3 Å². The van der Waals surface area contributed by atoms with Crippen LogP contribution in [0.1, 0.15) is 36.8 Å². The summed E-state index contributed by atoms with van der Waals surface area (Å²) in [7, 11) is 0. The maximum atomic E-state index is 12.8. The topological polar surface area (TPSA) is 41.6 Å². The standard InChI is InChI=1S/C22H30N2O2.ClH/c25-22(16-7-9-26-10-8-16)23-21-14-24(13-20(21)15-5-6-15)19-11-17-3-1-2-4-18(17)12-19;/h1-4,15-16,19-21H,5-14H2,(H,23,25);1H/t20-,21+;/m1./s1. The number of benzene rings is 1. The van der Waals surface area contributed by atoms with Gasteiger partial charge < -0.3 is 10.1 Å². The van der Waals surface area contributed by atoms with E-state index in [9.17, 15) is 4.79 Å². The van der Waals surface area contributed by atoms with Gasteiger partial charge in [-0.1, -0.05) is 24.3 Å². The second-order valence-corrected chi connectivity index (χ2v) is 8.79. The van der Waals surface area contributed by atoms with E-state index in [-0.39, 0.29) is 24.2 Å². The summed E-state index contributed by atoms with van der Waals surface area (Å²) in [5, 5.41) is 3.46. The van der Waals surface area contributed by atoms with Crippen molar-refractivity contribution >= 4 is 18.3 Å². The molecule has 2 saturated heterocycles. The van der Waals surface area contributed by atoms with Crippen LogP contribution in [0.3, 0.4) is 0 Å². The van der Waals surface area contributed by atoms with Crippen molar-refractivity contribution < 1.29 is 9.53 Å². The van der Waals surface area contributed by atoms with Crippen molar-refractivity contribution in [1.82, 2.24) is 10.2 Å². The molecule has 1 aromatic carbocycles. The van der Waals surface area contributed by atoms with Gasteiger partial charge in [0.05, 0.1) is 0 Å². The molecule has 1 saturated carbocycles. The highest BCUT2D eigenvalue weighted by Gasteiger charge is 2.45. The molecule has 1 aromatic rings. The molecule has 0 aromatic heterocycles. The first-order valence-corrected chi connectivity index (χ1v) is 10.5. The Morgan fingerprint density at radius 3 is 2.30 bits per heavy atom. The number of fused-ring (bicyclic) bond motifs is 1. The summed E-state index contributed by atoms with van der Waals surface area (Å²) in [5.41, 5.74) is 3.05. The number of hydrogen-bond acceptors (Lipinski definition) is 3. The Bertz CT molecular complexity index is 647. The maximum Gasteiger partial charge on any atom is 0.223 e. The minimum absolute atomic E-state index is 0. The molecular formula is C22H31ClN2O2. The fourth-order valence-corrected chi connectivity index (χ4v) is 5.37. The van der Waals surface area contributed by atoms with Crippen molar-refractivity contribution in [2.75, 3.05) is 26.3 Å². The van der Waals surface area contributed by atoms with Crippen LogP contribution in [-0.4, -0.2) is 49.2 Å². The second-order valence-electron chi connectivity index (χ2n) is 8.79. The number of carbonyl (C=O) groups is 1. The van der Waals surface area contributed by atoms with Crippen LogP contribution in [0.5, 0.6) is 0 Å². The number of halogens is 1. The van der Waals surface area contributed by atoms with Gasteiger partial charge in [0.2, 0.25) is 5.91 Å². The Morgan fingerprint density at radius 1 is 1.00 bits per heavy atom. The predicted octanol–water partition coefficient (Wildman–Crippen LogP) is 2.83. The molecule has 0 radical (unpaired) electrons. The van der Waals surface area contributed by atoms with Crippen LogP contribution in [-0.2, 0) is 22.4 Å². The zero-order valence-corrected chi connectivity index (χ0v) is 16.8. The van der Waals surface area contributed by atoms with Gasteiger partial charge in [-0.3, -0.25) is 9.69 Å². The second kappa shape index (κ2) is 8.10. The van der Waals surface area contributed by atoms with Gasteiger partial charge in [-0.05, 0) is 61.5 Å². The molecule has 2 atom stereocenters. The number of ether oxygens (including phenoxy) is 1. The zero-order valence-electron chi connectivity index (χ0n) is 15.9. The van der Waals surface area contributed by atoms with Crippen LogP contribution >= 0.6 is 12.4 Å². The molecule has 3 fully saturated rings. The number of rotatable bonds is 4. The molecule has 148 valence electrons. The average Bonchev–Trinajstić information content (AvgIpc) is 3.28. The molecule has 1 N–H and O–H groups in total. The molecule has 5 rings (SSSR count). The number of nitrogens with zero attached hydrogens (tertiary/aromatic N) is 1. The third-order valence-corrected chi connectivity index (χ3v) is 7.09. The van der Waals surface area contributed by atoms with E-state index >= 15 is 0 Å². The molecule has 2 aliphatic carbocycles. The lowest BCUT2D eigenvalue weighted by atomic mass is 9.95. The minimum atomic E-state index is 0. The number of amides is 1. The van der Waals surface area contributed by atoms with E-state index in [1.165, 1.54) is 43.4 Å². The van der Waals surface area contributed by atoms with Crippen molar-refractivity contribution in [1.29, 1.82) is 0 Å². The van der Waals surface area contributed by atoms with Gasteiger partial charge >= 0.3 is 0 Å². The van der Waals surface area contributed by atoms with Crippen molar-refractivity contribution in [3.63, 3.8) is 0 Å². The Kier molecular flexibility index (Phi) is 5.77. The number of hydrogen-bond donors (Lipinski definition) is 1. The first-order valence-electron chi connectivity index (χ1n) is 10.5. The summed E-state index contributed by atoms with van der Waals surface area (Å²) in [6.07, 6.45) is 6.82. The Balaban J connectivity index is 0.00000180. The first kappa shape index (κ1) is 19.2. The lowest BCUT2D eigenvalue weighted by Gasteiger charge is -2.26. The van der Waals surface area contributed by atoms with Crippen LogP contribution in [0, 0.1) is 17.8 Å². The summed E-state index contributed by atoms with van der Waals surface area (Å²) in [6.45, 7) is 3.68. The highest BCUT2D eigenvalue weighted by Crippen LogP contribution is 2.43. The third kappa shape index (κ3) is 4.03. The predicted molar refractivity (Wildman–Crippen MR) is 108 cm³/mol. The van der Waals surface area contributed by atoms with Gasteiger partial charge in [0.1, 0.15) is 0 Å². The van der Waals surface area contributed by atoms with Crippen LogP contribution in [0.25, 0.3) is 0 Å². The number of nitrogens with one attached hydrogen (secondary N) is 1. The SMILES string of the molecule is Cl.O=C(N[C@H]1CN(C2Cc3ccccc3C2)C[C@@H]1C1CC1)C1CCOCC1. The first-order chi connectivity index (χ1) is 12.8. The maximum absolute atomic E-state index is 12.8. The van der Waals surface area contributed by atoms with Gasteiger partial charge in [-0.2, -0.15) is 0 Å². The molecule has 4 nitrogen and oxygen atoms in total. The van der Waals surface area contributed by atoms with Gasteiger partial charge in [-0.15, -0.1) is 12.4 Å². The van der Waals surface area contributed by atoms with Crippen molar-refractivity contribution in [3.8, 4) is 0 Å². The summed E-state index contributed by atoms with van der Waals surface area (Å²) in [6, 6.07) is 9.87. The summed E-state index contributed by atoms with van der Waals surface area (Å²) < 4.78 is 5.42. The zero-order chi connectivity index (χ0) is 17.5. The van der Waals surface area contributed by atoms with E-state index in [1.54, 1.807) is 0 Å². The number of likely N-dealkylation sites (tertiary alicyclic amines) is 1. The lowest BCUT2D eigenvalue weighted by Crippen LogP contribution is -2.45. The Morgan fingerprint density at radius 2 is 1.67 bits per heavy atom. The minimum Gasteiger partial charge on any atom is -0.381 e. The van der Waals surface area contributed by atoms with E-state index in [4.69, 9.17) is 4.74 Å². The van der Waals surface area contributed by atoms with Crippen LogP contribution in [0.4, 0.5) is 0 Å². The van der Waals surface area contributed by atoms with Crippen molar-refractivity contribution in [3.05, 3.63) is 35.4 Å². The fourth-order valence-electron chi connectivity index (χ4n) is 5.37. The molecule has 0 unspecified atom stereocenters. The van der Waals surface area contributed by atoms with Crippen molar-refractivity contribution in [2.45, 2.75) is 50.6 Å². The van der Waals surface area contributed by atoms with Gasteiger partial charge in [0.15, 0.2) is 0 Å². The number of carbonyl (C=O) groups excluding carboxylic acids is 1. The molecule has 5 heteroatoms. The normalized spacial score (nSPS) is 29.3. The fraction of sp³-hybridized carbons (Fsp3) is 0.682. The van der Waals surface area contributed by atoms with E-state index in [0.717, 1.165) is 38.5 Å². The largest absolute Gasteiger partial charge is 0.381 e. The molecule has 2 heterocycles. The molecular weight excluding hydrogens is 360 g/mol. The molecule has 1 amide bonds. The van der Waals surface area contributed by atoms with Gasteiger partial charge in [0, 0.05) is 44.3 Å². The van der Waals surface area contributed by atoms with Gasteiger partial charge in [0.25, 0.3) is 0 Å². The monoisotopic (exact) mass is 390 g/mol. The summed E-state index contributed by atoms with van der Waals surface area (Å²) >= 11 is 0. The smallest absolute Gasteiger partial charge is 0.223 e. The summed E-state index contributed by atoms with van der Waals surface area (Å²) in [4.78, 5) is 15.4. The molecule has 27 heavy (non-hydrogen) atoms.